The molecule has 0 amide bonds. The van der Waals surface area contributed by atoms with Crippen LogP contribution in [0, 0.1) is 0 Å². The molecule has 9 nitrogen and oxygen atoms in total. The molecule has 0 unspecified atom stereocenters. The lowest BCUT2D eigenvalue weighted by Crippen LogP contribution is -2.30. The summed E-state index contributed by atoms with van der Waals surface area (Å²) in [7, 11) is 0. The molecule has 2 saturated heterocycles. The molecule has 3 aromatic rings. The molecule has 26 heavy (non-hydrogen) atoms. The fourth-order valence-electron chi connectivity index (χ4n) is 3.52. The van der Waals surface area contributed by atoms with Crippen LogP contribution in [0.5, 0.6) is 0 Å². The molecule has 4 heterocycles. The van der Waals surface area contributed by atoms with Crippen molar-refractivity contribution in [2.75, 3.05) is 6.61 Å². The van der Waals surface area contributed by atoms with Crippen molar-refractivity contribution in [2.45, 2.75) is 30.8 Å². The van der Waals surface area contributed by atoms with E-state index in [0.717, 1.165) is 5.56 Å². The van der Waals surface area contributed by atoms with Crippen molar-refractivity contribution in [3.63, 3.8) is 0 Å². The number of rotatable bonds is 3. The van der Waals surface area contributed by atoms with Gasteiger partial charge < -0.3 is 24.3 Å². The van der Waals surface area contributed by atoms with Crippen LogP contribution in [0.3, 0.4) is 0 Å². The van der Waals surface area contributed by atoms with Gasteiger partial charge >= 0.3 is 0 Å². The Balaban J connectivity index is 1.52. The first-order valence-corrected chi connectivity index (χ1v) is 8.28. The first kappa shape index (κ1) is 15.6. The Morgan fingerprint density at radius 2 is 1.92 bits per heavy atom. The van der Waals surface area contributed by atoms with Gasteiger partial charge in [0, 0.05) is 5.56 Å². The Labute approximate surface area is 147 Å². The number of aliphatic hydroxyl groups is 1. The predicted octanol–water partition coefficient (Wildman–Crippen LogP) is 0.492. The largest absolute Gasteiger partial charge is 0.394 e. The number of nitrogens with one attached hydrogen (secondary N) is 1. The van der Waals surface area contributed by atoms with Crippen LogP contribution < -0.4 is 5.56 Å². The van der Waals surface area contributed by atoms with E-state index in [4.69, 9.17) is 14.2 Å². The number of fused-ring (bicyclic) bond motifs is 2. The normalized spacial score (nSPS) is 30.7. The summed E-state index contributed by atoms with van der Waals surface area (Å²) in [5.74, 6) is 0. The highest BCUT2D eigenvalue weighted by Crippen LogP contribution is 2.44. The third-order valence-corrected chi connectivity index (χ3v) is 4.74. The van der Waals surface area contributed by atoms with Crippen LogP contribution in [0.25, 0.3) is 11.2 Å². The highest BCUT2D eigenvalue weighted by molar-refractivity contribution is 5.68. The Morgan fingerprint density at radius 3 is 2.73 bits per heavy atom. The maximum atomic E-state index is 11.9. The molecule has 2 aliphatic rings. The van der Waals surface area contributed by atoms with E-state index in [9.17, 15) is 9.90 Å². The zero-order chi connectivity index (χ0) is 17.7. The van der Waals surface area contributed by atoms with Crippen molar-refractivity contribution in [1.29, 1.82) is 0 Å². The molecule has 0 spiro atoms. The average Bonchev–Trinajstić information content (AvgIpc) is 3.36. The van der Waals surface area contributed by atoms with Crippen molar-refractivity contribution in [1.82, 2.24) is 19.5 Å². The monoisotopic (exact) mass is 356 g/mol. The number of nitrogens with zero attached hydrogens (tertiary/aromatic N) is 3. The van der Waals surface area contributed by atoms with Crippen LogP contribution in [0.2, 0.25) is 0 Å². The van der Waals surface area contributed by atoms with Gasteiger partial charge in [-0.25, -0.2) is 9.97 Å². The van der Waals surface area contributed by atoms with E-state index in [1.54, 1.807) is 4.57 Å². The van der Waals surface area contributed by atoms with Gasteiger partial charge in [0.1, 0.15) is 18.3 Å². The lowest BCUT2D eigenvalue weighted by Gasteiger charge is -2.20. The molecule has 0 radical (unpaired) electrons. The highest BCUT2D eigenvalue weighted by atomic mass is 16.8. The Morgan fingerprint density at radius 1 is 1.12 bits per heavy atom. The van der Waals surface area contributed by atoms with Gasteiger partial charge in [0.2, 0.25) is 0 Å². The molecule has 0 aliphatic carbocycles. The number of imidazole rings is 1. The summed E-state index contributed by atoms with van der Waals surface area (Å²) in [6.45, 7) is -0.205. The maximum Gasteiger partial charge on any atom is 0.278 e. The summed E-state index contributed by atoms with van der Waals surface area (Å²) in [6.07, 6.45) is 0.220. The van der Waals surface area contributed by atoms with Crippen LogP contribution in [-0.4, -0.2) is 49.5 Å². The molecule has 0 bridgehead atoms. The van der Waals surface area contributed by atoms with Crippen molar-refractivity contribution in [3.8, 4) is 0 Å². The third-order valence-electron chi connectivity index (χ3n) is 4.74. The molecule has 2 N–H and O–H groups in total. The Kier molecular flexibility index (Phi) is 3.61. The van der Waals surface area contributed by atoms with Gasteiger partial charge in [-0.15, -0.1) is 0 Å². The fourth-order valence-corrected chi connectivity index (χ4v) is 3.52. The summed E-state index contributed by atoms with van der Waals surface area (Å²) in [6, 6.07) is 9.58. The summed E-state index contributed by atoms with van der Waals surface area (Å²) in [5, 5.41) is 9.69. The number of benzene rings is 1. The minimum atomic E-state index is -0.606. The fraction of sp³-hybridized carbons (Fsp3) is 0.353. The van der Waals surface area contributed by atoms with Crippen LogP contribution in [-0.2, 0) is 14.2 Å². The molecular formula is C17H16N4O5. The van der Waals surface area contributed by atoms with Gasteiger partial charge in [0.15, 0.2) is 23.7 Å². The van der Waals surface area contributed by atoms with Gasteiger partial charge in [-0.1, -0.05) is 30.3 Å². The molecule has 5 rings (SSSR count). The number of aromatic amines is 1. The zero-order valence-electron chi connectivity index (χ0n) is 13.6. The van der Waals surface area contributed by atoms with Gasteiger partial charge in [0.05, 0.1) is 19.3 Å². The van der Waals surface area contributed by atoms with E-state index in [1.165, 1.54) is 12.7 Å². The second-order valence-corrected chi connectivity index (χ2v) is 6.25. The van der Waals surface area contributed by atoms with Crippen molar-refractivity contribution in [3.05, 3.63) is 58.9 Å². The molecular weight excluding hydrogens is 340 g/mol. The van der Waals surface area contributed by atoms with E-state index in [1.807, 2.05) is 30.3 Å². The number of aliphatic hydroxyl groups excluding tert-OH is 1. The van der Waals surface area contributed by atoms with Gasteiger partial charge in [-0.2, -0.15) is 0 Å². The zero-order valence-corrected chi connectivity index (χ0v) is 13.6. The molecule has 2 aromatic heterocycles. The van der Waals surface area contributed by atoms with E-state index in [0.29, 0.717) is 5.65 Å². The summed E-state index contributed by atoms with van der Waals surface area (Å²) in [4.78, 5) is 22.7. The summed E-state index contributed by atoms with van der Waals surface area (Å²) in [5.41, 5.74) is 1.18. The number of ether oxygens (including phenoxy) is 3. The lowest BCUT2D eigenvalue weighted by molar-refractivity contribution is -0.153. The van der Waals surface area contributed by atoms with Gasteiger partial charge in [-0.3, -0.25) is 9.36 Å². The van der Waals surface area contributed by atoms with Gasteiger partial charge in [-0.05, 0) is 0 Å². The van der Waals surface area contributed by atoms with E-state index >= 15 is 0 Å². The lowest BCUT2D eigenvalue weighted by atomic mass is 10.1. The molecule has 0 saturated carbocycles. The SMILES string of the molecule is O=c1[nH]cnc2c1ncn2[C@@H]1O[C@H](CO)[C@H]2O[C@@H](c3ccccc3)O[C@H]21. The molecule has 9 heteroatoms. The number of aromatic nitrogens is 4. The molecule has 134 valence electrons. The average molecular weight is 356 g/mol. The number of H-pyrrole nitrogens is 1. The van der Waals surface area contributed by atoms with E-state index in [-0.39, 0.29) is 17.7 Å². The quantitative estimate of drug-likeness (QED) is 0.702. The van der Waals surface area contributed by atoms with E-state index in [2.05, 4.69) is 15.0 Å². The van der Waals surface area contributed by atoms with Crippen molar-refractivity contribution >= 4 is 11.2 Å². The third kappa shape index (κ3) is 2.29. The minimum Gasteiger partial charge on any atom is -0.394 e. The van der Waals surface area contributed by atoms with Crippen LogP contribution in [0.15, 0.2) is 47.8 Å². The number of hydrogen-bond acceptors (Lipinski definition) is 7. The smallest absolute Gasteiger partial charge is 0.278 e. The maximum absolute atomic E-state index is 11.9. The molecule has 5 atom stereocenters. The second kappa shape index (κ2) is 5.99. The highest BCUT2D eigenvalue weighted by Gasteiger charge is 2.53. The molecule has 2 aliphatic heterocycles. The van der Waals surface area contributed by atoms with Crippen molar-refractivity contribution in [2.24, 2.45) is 0 Å². The van der Waals surface area contributed by atoms with Crippen LogP contribution >= 0.6 is 0 Å². The Hall–Kier alpha value is -2.59. The topological polar surface area (TPSA) is 111 Å². The van der Waals surface area contributed by atoms with Crippen molar-refractivity contribution < 1.29 is 19.3 Å². The number of hydrogen-bond donors (Lipinski definition) is 2. The first-order chi connectivity index (χ1) is 12.8. The van der Waals surface area contributed by atoms with Gasteiger partial charge in [0.25, 0.3) is 5.56 Å². The molecule has 1 aromatic carbocycles. The second-order valence-electron chi connectivity index (χ2n) is 6.25. The first-order valence-electron chi connectivity index (χ1n) is 8.28. The Bertz CT molecular complexity index is 987. The molecule has 2 fully saturated rings. The summed E-state index contributed by atoms with van der Waals surface area (Å²) < 4.78 is 19.7. The van der Waals surface area contributed by atoms with Crippen LogP contribution in [0.1, 0.15) is 18.1 Å². The summed E-state index contributed by atoms with van der Waals surface area (Å²) >= 11 is 0. The minimum absolute atomic E-state index is 0.205. The van der Waals surface area contributed by atoms with E-state index < -0.39 is 30.8 Å². The standard InChI is InChI=1S/C17H16N4O5/c22-6-10-12-13(26-17(25-12)9-4-2-1-3-5-9)16(24-10)21-8-20-11-14(21)18-7-19-15(11)23/h1-5,7-8,10,12-13,16-17,22H,6H2,(H,18,19,23)/t10-,12-,13-,16-,17-/m1/s1. The predicted molar refractivity (Wildman–Crippen MR) is 88.1 cm³/mol. The van der Waals surface area contributed by atoms with Crippen LogP contribution in [0.4, 0.5) is 0 Å².